The van der Waals surface area contributed by atoms with Crippen molar-refractivity contribution in [2.24, 2.45) is 5.73 Å². The van der Waals surface area contributed by atoms with Crippen LogP contribution in [-0.4, -0.2) is 18.5 Å². The topological polar surface area (TPSA) is 55.1 Å². The van der Waals surface area contributed by atoms with E-state index in [4.69, 9.17) is 5.73 Å². The van der Waals surface area contributed by atoms with Gasteiger partial charge in [0.15, 0.2) is 0 Å². The van der Waals surface area contributed by atoms with E-state index < -0.39 is 0 Å². The minimum Gasteiger partial charge on any atom is -0.352 e. The lowest BCUT2D eigenvalue weighted by atomic mass is 10.1. The van der Waals surface area contributed by atoms with Crippen molar-refractivity contribution in [3.05, 3.63) is 32.9 Å². The van der Waals surface area contributed by atoms with Gasteiger partial charge in [0.25, 0.3) is 5.91 Å². The second-order valence-corrected chi connectivity index (χ2v) is 5.15. The van der Waals surface area contributed by atoms with E-state index in [0.29, 0.717) is 12.1 Å². The summed E-state index contributed by atoms with van der Waals surface area (Å²) in [6.45, 7) is 4.58. The molecule has 0 bridgehead atoms. The van der Waals surface area contributed by atoms with Gasteiger partial charge in [-0.15, -0.1) is 0 Å². The third-order valence-corrected chi connectivity index (χ3v) is 3.48. The van der Waals surface area contributed by atoms with E-state index in [9.17, 15) is 4.79 Å². The summed E-state index contributed by atoms with van der Waals surface area (Å²) in [5.74, 6) is -0.0291. The first-order valence-electron chi connectivity index (χ1n) is 5.30. The predicted octanol–water partition coefficient (Wildman–Crippen LogP) is 2.07. The van der Waals surface area contributed by atoms with Gasteiger partial charge in [0, 0.05) is 21.7 Å². The summed E-state index contributed by atoms with van der Waals surface area (Å²) in [6.07, 6.45) is 0.800. The molecule has 1 unspecified atom stereocenters. The van der Waals surface area contributed by atoms with Gasteiger partial charge >= 0.3 is 0 Å². The maximum atomic E-state index is 11.7. The zero-order chi connectivity index (χ0) is 12.1. The number of aryl methyl sites for hydroxylation is 1. The van der Waals surface area contributed by atoms with Gasteiger partial charge in [-0.3, -0.25) is 4.79 Å². The van der Waals surface area contributed by atoms with Crippen molar-refractivity contribution in [2.45, 2.75) is 26.3 Å². The van der Waals surface area contributed by atoms with E-state index >= 15 is 0 Å². The van der Waals surface area contributed by atoms with Crippen molar-refractivity contribution in [1.29, 1.82) is 0 Å². The number of halogens is 1. The molecule has 3 nitrogen and oxygen atoms in total. The SMILES string of the molecule is Cc1ccc(C(=O)NCCC(C)N)cc1I. The van der Waals surface area contributed by atoms with E-state index in [1.165, 1.54) is 5.56 Å². The molecule has 1 amide bonds. The molecule has 1 aromatic rings. The number of hydrogen-bond acceptors (Lipinski definition) is 2. The maximum absolute atomic E-state index is 11.7. The molecule has 0 aromatic heterocycles. The lowest BCUT2D eigenvalue weighted by molar-refractivity contribution is 0.0952. The molecule has 1 rings (SSSR count). The fraction of sp³-hybridized carbons (Fsp3) is 0.417. The quantitative estimate of drug-likeness (QED) is 0.830. The van der Waals surface area contributed by atoms with Gasteiger partial charge in [0.1, 0.15) is 0 Å². The second-order valence-electron chi connectivity index (χ2n) is 3.99. The number of rotatable bonds is 4. The van der Waals surface area contributed by atoms with Gasteiger partial charge in [0.05, 0.1) is 0 Å². The maximum Gasteiger partial charge on any atom is 0.251 e. The zero-order valence-corrected chi connectivity index (χ0v) is 11.7. The first kappa shape index (κ1) is 13.4. The van der Waals surface area contributed by atoms with E-state index in [2.05, 4.69) is 27.9 Å². The summed E-state index contributed by atoms with van der Waals surface area (Å²) in [6, 6.07) is 5.83. The van der Waals surface area contributed by atoms with Crippen LogP contribution in [0, 0.1) is 10.5 Å². The summed E-state index contributed by atoms with van der Waals surface area (Å²) >= 11 is 2.23. The Bertz CT molecular complexity index is 377. The van der Waals surface area contributed by atoms with Crippen LogP contribution in [0.1, 0.15) is 29.3 Å². The van der Waals surface area contributed by atoms with Crippen LogP contribution in [0.5, 0.6) is 0 Å². The molecule has 0 aliphatic rings. The molecule has 0 fully saturated rings. The number of nitrogens with one attached hydrogen (secondary N) is 1. The van der Waals surface area contributed by atoms with Crippen molar-refractivity contribution in [3.8, 4) is 0 Å². The van der Waals surface area contributed by atoms with Gasteiger partial charge in [-0.25, -0.2) is 0 Å². The standard InChI is InChI=1S/C12H17IN2O/c1-8-3-4-10(7-11(8)13)12(16)15-6-5-9(2)14/h3-4,7,9H,5-6,14H2,1-2H3,(H,15,16). The monoisotopic (exact) mass is 332 g/mol. The molecule has 0 aliphatic carbocycles. The smallest absolute Gasteiger partial charge is 0.251 e. The number of nitrogens with two attached hydrogens (primary N) is 1. The van der Waals surface area contributed by atoms with Gasteiger partial charge in [-0.2, -0.15) is 0 Å². The third kappa shape index (κ3) is 4.09. The molecule has 16 heavy (non-hydrogen) atoms. The summed E-state index contributed by atoms with van der Waals surface area (Å²) in [5.41, 5.74) is 7.50. The van der Waals surface area contributed by atoms with E-state index in [1.807, 2.05) is 32.0 Å². The number of hydrogen-bond donors (Lipinski definition) is 2. The normalized spacial score (nSPS) is 12.2. The van der Waals surface area contributed by atoms with Crippen LogP contribution >= 0.6 is 22.6 Å². The number of benzene rings is 1. The molecule has 0 saturated carbocycles. The lowest BCUT2D eigenvalue weighted by Gasteiger charge is -2.08. The van der Waals surface area contributed by atoms with Crippen LogP contribution in [0.2, 0.25) is 0 Å². The Hall–Kier alpha value is -0.620. The van der Waals surface area contributed by atoms with Crippen LogP contribution in [0.3, 0.4) is 0 Å². The van der Waals surface area contributed by atoms with Crippen LogP contribution in [0.4, 0.5) is 0 Å². The summed E-state index contributed by atoms with van der Waals surface area (Å²) < 4.78 is 1.11. The Kier molecular flexibility index (Phi) is 5.21. The largest absolute Gasteiger partial charge is 0.352 e. The highest BCUT2D eigenvalue weighted by Crippen LogP contribution is 2.13. The van der Waals surface area contributed by atoms with Crippen molar-refractivity contribution >= 4 is 28.5 Å². The zero-order valence-electron chi connectivity index (χ0n) is 9.59. The molecule has 0 saturated heterocycles. The fourth-order valence-corrected chi connectivity index (χ4v) is 1.76. The molecule has 1 aromatic carbocycles. The van der Waals surface area contributed by atoms with Gasteiger partial charge < -0.3 is 11.1 Å². The fourth-order valence-electron chi connectivity index (χ4n) is 1.25. The summed E-state index contributed by atoms with van der Waals surface area (Å²) in [5, 5.41) is 2.85. The van der Waals surface area contributed by atoms with E-state index in [1.54, 1.807) is 0 Å². The Morgan fingerprint density at radius 1 is 1.56 bits per heavy atom. The van der Waals surface area contributed by atoms with Crippen molar-refractivity contribution in [3.63, 3.8) is 0 Å². The van der Waals surface area contributed by atoms with Crippen molar-refractivity contribution in [2.75, 3.05) is 6.54 Å². The highest BCUT2D eigenvalue weighted by Gasteiger charge is 2.06. The minimum atomic E-state index is -0.0291. The Balaban J connectivity index is 2.56. The first-order valence-corrected chi connectivity index (χ1v) is 6.38. The van der Waals surface area contributed by atoms with Gasteiger partial charge in [-0.05, 0) is 60.6 Å². The molecule has 0 radical (unpaired) electrons. The Morgan fingerprint density at radius 3 is 2.81 bits per heavy atom. The number of carbonyl (C=O) groups is 1. The molecule has 1 atom stereocenters. The van der Waals surface area contributed by atoms with Crippen LogP contribution in [0.15, 0.2) is 18.2 Å². The predicted molar refractivity (Wildman–Crippen MR) is 74.5 cm³/mol. The second kappa shape index (κ2) is 6.20. The third-order valence-electron chi connectivity index (χ3n) is 2.32. The average Bonchev–Trinajstić information content (AvgIpc) is 2.21. The molecule has 88 valence electrons. The van der Waals surface area contributed by atoms with Crippen molar-refractivity contribution < 1.29 is 4.79 Å². The molecule has 0 heterocycles. The molecular weight excluding hydrogens is 315 g/mol. The summed E-state index contributed by atoms with van der Waals surface area (Å²) in [7, 11) is 0. The van der Waals surface area contributed by atoms with Crippen LogP contribution in [-0.2, 0) is 0 Å². The molecular formula is C12H17IN2O. The Labute approximate surface area is 110 Å². The molecule has 4 heteroatoms. The van der Waals surface area contributed by atoms with Gasteiger partial charge in [-0.1, -0.05) is 6.07 Å². The average molecular weight is 332 g/mol. The number of amides is 1. The van der Waals surface area contributed by atoms with E-state index in [0.717, 1.165) is 9.99 Å². The number of carbonyl (C=O) groups excluding carboxylic acids is 1. The molecule has 3 N–H and O–H groups in total. The minimum absolute atomic E-state index is 0.0291. The summed E-state index contributed by atoms with van der Waals surface area (Å²) in [4.78, 5) is 11.7. The highest BCUT2D eigenvalue weighted by molar-refractivity contribution is 14.1. The lowest BCUT2D eigenvalue weighted by Crippen LogP contribution is -2.28. The van der Waals surface area contributed by atoms with Crippen LogP contribution < -0.4 is 11.1 Å². The Morgan fingerprint density at radius 2 is 2.25 bits per heavy atom. The molecule has 0 spiro atoms. The first-order chi connectivity index (χ1) is 7.50. The molecule has 0 aliphatic heterocycles. The van der Waals surface area contributed by atoms with Crippen LogP contribution in [0.25, 0.3) is 0 Å². The van der Waals surface area contributed by atoms with Crippen molar-refractivity contribution in [1.82, 2.24) is 5.32 Å². The van der Waals surface area contributed by atoms with E-state index in [-0.39, 0.29) is 11.9 Å². The van der Waals surface area contributed by atoms with Gasteiger partial charge in [0.2, 0.25) is 0 Å². The highest BCUT2D eigenvalue weighted by atomic mass is 127.